The van der Waals surface area contributed by atoms with Gasteiger partial charge in [0.1, 0.15) is 12.4 Å². The molecule has 27 heavy (non-hydrogen) atoms. The average molecular weight is 365 g/mol. The van der Waals surface area contributed by atoms with Crippen LogP contribution < -0.4 is 10.5 Å². The van der Waals surface area contributed by atoms with Crippen molar-refractivity contribution in [2.75, 3.05) is 27.2 Å². The number of hydrogen-bond donors (Lipinski definition) is 2. The highest BCUT2D eigenvalue weighted by Gasteiger charge is 2.42. The van der Waals surface area contributed by atoms with Crippen molar-refractivity contribution in [1.82, 2.24) is 9.88 Å². The fraction of sp³-hybridized carbons (Fsp3) is 0.409. The number of ether oxygens (including phenoxy) is 1. The Kier molecular flexibility index (Phi) is 4.15. The zero-order valence-electron chi connectivity index (χ0n) is 16.5. The number of carbonyl (C=O) groups is 1. The zero-order chi connectivity index (χ0) is 19.3. The smallest absolute Gasteiger partial charge is 0.195 e. The number of nitrogens with zero attached hydrogens (tertiary/aromatic N) is 1. The lowest BCUT2D eigenvalue weighted by Crippen LogP contribution is -2.32. The first kappa shape index (κ1) is 17.9. The molecule has 1 aromatic heterocycles. The molecule has 2 aliphatic carbocycles. The molecule has 0 atom stereocenters. The Hall–Kier alpha value is -2.53. The molecule has 0 aliphatic heterocycles. The lowest BCUT2D eigenvalue weighted by Gasteiger charge is -2.34. The average Bonchev–Trinajstić information content (AvgIpc) is 2.99. The van der Waals surface area contributed by atoms with Crippen LogP contribution in [0.3, 0.4) is 0 Å². The lowest BCUT2D eigenvalue weighted by atomic mass is 9.70. The number of rotatable bonds is 4. The predicted octanol–water partition coefficient (Wildman–Crippen LogP) is 3.07. The number of benzene rings is 1. The SMILES string of the molecule is CN(C)CCOc1cccc2c1C(C)(C)c1[nH]c3c(c1C2=O)CCC(N)=C3. The first-order valence-corrected chi connectivity index (χ1v) is 9.47. The van der Waals surface area contributed by atoms with E-state index in [-0.39, 0.29) is 11.2 Å². The minimum absolute atomic E-state index is 0.0868. The van der Waals surface area contributed by atoms with Crippen LogP contribution in [-0.2, 0) is 11.8 Å². The van der Waals surface area contributed by atoms with Gasteiger partial charge in [-0.05, 0) is 44.6 Å². The van der Waals surface area contributed by atoms with Gasteiger partial charge in [0.05, 0.1) is 0 Å². The molecule has 1 heterocycles. The lowest BCUT2D eigenvalue weighted by molar-refractivity contribution is 0.102. The number of likely N-dealkylation sites (N-methyl/N-ethyl adjacent to an activating group) is 1. The van der Waals surface area contributed by atoms with Crippen molar-refractivity contribution in [1.29, 1.82) is 0 Å². The van der Waals surface area contributed by atoms with Gasteiger partial charge in [0, 0.05) is 45.7 Å². The van der Waals surface area contributed by atoms with Crippen molar-refractivity contribution >= 4 is 11.9 Å². The first-order chi connectivity index (χ1) is 12.8. The van der Waals surface area contributed by atoms with Crippen molar-refractivity contribution in [2.45, 2.75) is 32.1 Å². The van der Waals surface area contributed by atoms with Crippen LogP contribution in [0.5, 0.6) is 5.75 Å². The fourth-order valence-electron chi connectivity index (χ4n) is 4.27. The van der Waals surface area contributed by atoms with Gasteiger partial charge in [-0.1, -0.05) is 26.0 Å². The second kappa shape index (κ2) is 6.27. The fourth-order valence-corrected chi connectivity index (χ4v) is 4.27. The maximum absolute atomic E-state index is 13.4. The van der Waals surface area contributed by atoms with Gasteiger partial charge in [0.15, 0.2) is 5.78 Å². The number of H-pyrrole nitrogens is 1. The molecule has 5 heteroatoms. The molecule has 0 saturated heterocycles. The van der Waals surface area contributed by atoms with Crippen molar-refractivity contribution in [3.63, 3.8) is 0 Å². The topological polar surface area (TPSA) is 71.3 Å². The Morgan fingerprint density at radius 2 is 2.04 bits per heavy atom. The number of aromatic nitrogens is 1. The third kappa shape index (κ3) is 2.77. The monoisotopic (exact) mass is 365 g/mol. The summed E-state index contributed by atoms with van der Waals surface area (Å²) in [5, 5.41) is 0. The van der Waals surface area contributed by atoms with Gasteiger partial charge >= 0.3 is 0 Å². The van der Waals surface area contributed by atoms with Gasteiger partial charge < -0.3 is 20.4 Å². The van der Waals surface area contributed by atoms with Crippen LogP contribution >= 0.6 is 0 Å². The highest BCUT2D eigenvalue weighted by molar-refractivity contribution is 6.14. The number of carbonyl (C=O) groups excluding carboxylic acids is 1. The molecule has 0 radical (unpaired) electrons. The molecule has 2 aromatic rings. The number of fused-ring (bicyclic) bond motifs is 4. The largest absolute Gasteiger partial charge is 0.492 e. The summed E-state index contributed by atoms with van der Waals surface area (Å²) in [5.41, 5.74) is 12.1. The molecule has 4 rings (SSSR count). The normalized spacial score (nSPS) is 17.2. The molecule has 0 spiro atoms. The minimum Gasteiger partial charge on any atom is -0.492 e. The molecule has 0 saturated carbocycles. The molecule has 1 aromatic carbocycles. The Morgan fingerprint density at radius 1 is 1.26 bits per heavy atom. The molecule has 0 fully saturated rings. The summed E-state index contributed by atoms with van der Waals surface area (Å²) < 4.78 is 6.09. The summed E-state index contributed by atoms with van der Waals surface area (Å²) in [6.45, 7) is 5.72. The van der Waals surface area contributed by atoms with E-state index in [1.165, 1.54) is 0 Å². The third-order valence-electron chi connectivity index (χ3n) is 5.67. The molecule has 2 aliphatic rings. The third-order valence-corrected chi connectivity index (χ3v) is 5.67. The Morgan fingerprint density at radius 3 is 2.78 bits per heavy atom. The van der Waals surface area contributed by atoms with E-state index in [0.29, 0.717) is 6.61 Å². The summed E-state index contributed by atoms with van der Waals surface area (Å²) in [5.74, 6) is 0.879. The summed E-state index contributed by atoms with van der Waals surface area (Å²) in [6, 6.07) is 5.81. The number of aromatic amines is 1. The zero-order valence-corrected chi connectivity index (χ0v) is 16.5. The maximum atomic E-state index is 13.4. The van der Waals surface area contributed by atoms with Gasteiger partial charge in [0.25, 0.3) is 0 Å². The molecule has 3 N–H and O–H groups in total. The van der Waals surface area contributed by atoms with Crippen molar-refractivity contribution in [3.8, 4) is 5.75 Å². The van der Waals surface area contributed by atoms with E-state index >= 15 is 0 Å². The van der Waals surface area contributed by atoms with Crippen LogP contribution in [0.2, 0.25) is 0 Å². The van der Waals surface area contributed by atoms with Gasteiger partial charge in [-0.25, -0.2) is 0 Å². The van der Waals surface area contributed by atoms with Gasteiger partial charge in [-0.15, -0.1) is 0 Å². The predicted molar refractivity (Wildman–Crippen MR) is 107 cm³/mol. The maximum Gasteiger partial charge on any atom is 0.195 e. The molecule has 5 nitrogen and oxygen atoms in total. The number of ketones is 1. The van der Waals surface area contributed by atoms with Gasteiger partial charge in [0.2, 0.25) is 0 Å². The number of nitrogens with two attached hydrogens (primary N) is 1. The summed E-state index contributed by atoms with van der Waals surface area (Å²) in [4.78, 5) is 19.0. The Labute approximate surface area is 160 Å². The van der Waals surface area contributed by atoms with Crippen molar-refractivity contribution < 1.29 is 9.53 Å². The van der Waals surface area contributed by atoms with E-state index < -0.39 is 0 Å². The van der Waals surface area contributed by atoms with Crippen LogP contribution in [0.15, 0.2) is 23.9 Å². The van der Waals surface area contributed by atoms with E-state index in [1.54, 1.807) is 0 Å². The Bertz CT molecular complexity index is 951. The molecule has 142 valence electrons. The van der Waals surface area contributed by atoms with E-state index in [4.69, 9.17) is 10.5 Å². The molecule has 0 bridgehead atoms. The molecular formula is C22H27N3O2. The van der Waals surface area contributed by atoms with Gasteiger partial charge in [-0.2, -0.15) is 0 Å². The molecule has 0 amide bonds. The van der Waals surface area contributed by atoms with Crippen LogP contribution in [-0.4, -0.2) is 42.9 Å². The minimum atomic E-state index is -0.354. The van der Waals surface area contributed by atoms with Crippen LogP contribution in [0.1, 0.15) is 58.7 Å². The van der Waals surface area contributed by atoms with Crippen molar-refractivity contribution in [3.05, 3.63) is 57.5 Å². The molecule has 0 unspecified atom stereocenters. The summed E-state index contributed by atoms with van der Waals surface area (Å²) >= 11 is 0. The number of allylic oxidation sites excluding steroid dienone is 1. The van der Waals surface area contributed by atoms with Crippen LogP contribution in [0.25, 0.3) is 6.08 Å². The number of hydrogen-bond acceptors (Lipinski definition) is 4. The second-order valence-corrected chi connectivity index (χ2v) is 8.27. The quantitative estimate of drug-likeness (QED) is 0.873. The standard InChI is InChI=1S/C22H27N3O2/c1-22(2)19-15(6-5-7-17(19)27-11-10-25(3)4)20(26)18-14-9-8-13(23)12-16(14)24-21(18)22/h5-7,12,24H,8-11,23H2,1-4H3. The van der Waals surface area contributed by atoms with Crippen LogP contribution in [0.4, 0.5) is 0 Å². The highest BCUT2D eigenvalue weighted by atomic mass is 16.5. The Balaban J connectivity index is 1.83. The van der Waals surface area contributed by atoms with E-state index in [0.717, 1.165) is 64.5 Å². The van der Waals surface area contributed by atoms with E-state index in [9.17, 15) is 4.79 Å². The second-order valence-electron chi connectivity index (χ2n) is 8.27. The van der Waals surface area contributed by atoms with Gasteiger partial charge in [-0.3, -0.25) is 4.79 Å². The molecular weight excluding hydrogens is 338 g/mol. The number of nitrogens with one attached hydrogen (secondary N) is 1. The highest BCUT2D eigenvalue weighted by Crippen LogP contribution is 2.47. The van der Waals surface area contributed by atoms with E-state index in [1.807, 2.05) is 38.4 Å². The van der Waals surface area contributed by atoms with E-state index in [2.05, 4.69) is 23.7 Å². The summed E-state index contributed by atoms with van der Waals surface area (Å²) in [7, 11) is 4.04. The first-order valence-electron chi connectivity index (χ1n) is 9.47. The van der Waals surface area contributed by atoms with Crippen molar-refractivity contribution in [2.24, 2.45) is 5.73 Å². The summed E-state index contributed by atoms with van der Waals surface area (Å²) in [6.07, 6.45) is 3.57. The van der Waals surface area contributed by atoms with Crippen LogP contribution in [0, 0.1) is 0 Å².